The molecule has 0 unspecified atom stereocenters. The summed E-state index contributed by atoms with van der Waals surface area (Å²) in [7, 11) is 4.73. The summed E-state index contributed by atoms with van der Waals surface area (Å²) in [5.74, 6) is -3.84. The Balaban J connectivity index is 0.000001000. The van der Waals surface area contributed by atoms with Crippen molar-refractivity contribution in [2.24, 2.45) is 0 Å². The fraction of sp³-hybridized carbons (Fsp3) is 0. The molecule has 0 aliphatic heterocycles. The minimum absolute atomic E-state index is 0. The quantitative estimate of drug-likeness (QED) is 0.314. The van der Waals surface area contributed by atoms with E-state index in [4.69, 9.17) is 7.85 Å². The molecule has 11 heavy (non-hydrogen) atoms. The molecule has 6 heteroatoms. The van der Waals surface area contributed by atoms with Crippen LogP contribution in [0.4, 0.5) is 13.2 Å². The molecule has 0 atom stereocenters. The predicted octanol–water partition coefficient (Wildman–Crippen LogP) is -2.70. The van der Waals surface area contributed by atoms with Gasteiger partial charge in [0.2, 0.25) is 0 Å². The average Bonchev–Trinajstić information content (AvgIpc) is 1.93. The molecule has 1 nitrogen and oxygen atoms in total. The standard InChI is InChI=1S/C5HBF3N.K/c6-3-4(8)2(7)1-10-5(3)9;/h1H;/q-1;+1. The Bertz CT molecular complexity index is 241. The van der Waals surface area contributed by atoms with Crippen LogP contribution in [-0.2, 0) is 0 Å². The van der Waals surface area contributed by atoms with Gasteiger partial charge in [-0.1, -0.05) is 0 Å². The van der Waals surface area contributed by atoms with Gasteiger partial charge in [0.05, 0.1) is 6.20 Å². The third-order valence-corrected chi connectivity index (χ3v) is 0.960. The molecule has 0 spiro atoms. The third kappa shape index (κ3) is 2.55. The maximum Gasteiger partial charge on any atom is 1.00 e. The molecule has 0 saturated heterocycles. The van der Waals surface area contributed by atoms with Gasteiger partial charge in [-0.25, -0.2) is 19.2 Å². The summed E-state index contributed by atoms with van der Waals surface area (Å²) in [4.78, 5) is 2.83. The molecule has 0 amide bonds. The number of hydrogen-bond donors (Lipinski definition) is 0. The van der Waals surface area contributed by atoms with Crippen LogP contribution in [0.2, 0.25) is 0 Å². The van der Waals surface area contributed by atoms with E-state index in [0.717, 1.165) is 0 Å². The number of pyridine rings is 1. The van der Waals surface area contributed by atoms with Gasteiger partial charge in [-0.05, 0) is 0 Å². The topological polar surface area (TPSA) is 12.9 Å². The molecule has 0 saturated carbocycles. The second-order valence-corrected chi connectivity index (χ2v) is 1.62. The zero-order valence-electron chi connectivity index (χ0n) is 5.74. The molecular weight excluding hydrogens is 181 g/mol. The summed E-state index contributed by atoms with van der Waals surface area (Å²) >= 11 is 0. The Morgan fingerprint density at radius 3 is 2.27 bits per heavy atom. The van der Waals surface area contributed by atoms with Gasteiger partial charge in [0.25, 0.3) is 0 Å². The van der Waals surface area contributed by atoms with Crippen LogP contribution in [0.15, 0.2) is 6.20 Å². The van der Waals surface area contributed by atoms with Crippen molar-refractivity contribution in [1.29, 1.82) is 0 Å². The second kappa shape index (κ2) is 4.61. The Labute approximate surface area is 105 Å². The molecule has 0 bridgehead atoms. The van der Waals surface area contributed by atoms with Crippen molar-refractivity contribution in [2.45, 2.75) is 0 Å². The molecule has 0 fully saturated rings. The molecule has 0 aliphatic rings. The second-order valence-electron chi connectivity index (χ2n) is 1.62. The van der Waals surface area contributed by atoms with Crippen LogP contribution in [-0.4, -0.2) is 12.8 Å². The van der Waals surface area contributed by atoms with E-state index in [0.29, 0.717) is 6.20 Å². The number of rotatable bonds is 0. The van der Waals surface area contributed by atoms with Gasteiger partial charge in [-0.3, -0.25) is 0 Å². The number of nitrogens with zero attached hydrogens (tertiary/aromatic N) is 1. The fourth-order valence-electron chi connectivity index (χ4n) is 0.459. The van der Waals surface area contributed by atoms with E-state index >= 15 is 0 Å². The molecule has 1 aromatic rings. The monoisotopic (exact) mass is 182 g/mol. The first-order valence-electron chi connectivity index (χ1n) is 2.38. The SMILES string of the molecule is [B-]c1c(F)ncc(F)c1F.[K+]. The summed E-state index contributed by atoms with van der Waals surface area (Å²) in [6.07, 6.45) is 0.432. The van der Waals surface area contributed by atoms with Gasteiger partial charge in [-0.2, -0.15) is 4.39 Å². The van der Waals surface area contributed by atoms with Gasteiger partial charge < -0.3 is 7.85 Å². The molecule has 1 rings (SSSR count). The van der Waals surface area contributed by atoms with E-state index < -0.39 is 23.0 Å². The van der Waals surface area contributed by atoms with Crippen LogP contribution in [0.5, 0.6) is 0 Å². The maximum absolute atomic E-state index is 12.2. The summed E-state index contributed by atoms with van der Waals surface area (Å²) in [6, 6.07) is 0. The Morgan fingerprint density at radius 2 is 1.82 bits per heavy atom. The first-order chi connectivity index (χ1) is 4.63. The van der Waals surface area contributed by atoms with E-state index in [1.807, 2.05) is 0 Å². The van der Waals surface area contributed by atoms with Crippen LogP contribution >= 0.6 is 0 Å². The molecule has 1 heterocycles. The first-order valence-corrected chi connectivity index (χ1v) is 2.38. The number of hydrogen-bond acceptors (Lipinski definition) is 1. The van der Waals surface area contributed by atoms with Crippen LogP contribution < -0.4 is 56.8 Å². The van der Waals surface area contributed by atoms with Crippen molar-refractivity contribution in [3.63, 3.8) is 0 Å². The largest absolute Gasteiger partial charge is 1.00 e. The first kappa shape index (κ1) is 11.6. The number of halogens is 3. The van der Waals surface area contributed by atoms with E-state index in [-0.39, 0.29) is 51.4 Å². The van der Waals surface area contributed by atoms with E-state index in [1.54, 1.807) is 0 Å². The maximum atomic E-state index is 12.2. The Hall–Kier alpha value is 0.641. The average molecular weight is 182 g/mol. The molecule has 0 aliphatic carbocycles. The van der Waals surface area contributed by atoms with Crippen LogP contribution in [0.1, 0.15) is 0 Å². The minimum atomic E-state index is -1.40. The van der Waals surface area contributed by atoms with Crippen LogP contribution in [0.3, 0.4) is 0 Å². The third-order valence-electron chi connectivity index (χ3n) is 0.960. The molecule has 3 radical (unpaired) electrons. The van der Waals surface area contributed by atoms with Gasteiger partial charge in [0, 0.05) is 0 Å². The summed E-state index contributed by atoms with van der Waals surface area (Å²) < 4.78 is 36.4. The van der Waals surface area contributed by atoms with Gasteiger partial charge in [-0.15, -0.1) is 0 Å². The van der Waals surface area contributed by atoms with E-state index in [1.165, 1.54) is 0 Å². The van der Waals surface area contributed by atoms with Gasteiger partial charge >= 0.3 is 51.4 Å². The van der Waals surface area contributed by atoms with Crippen molar-refractivity contribution in [1.82, 2.24) is 4.98 Å². The van der Waals surface area contributed by atoms with E-state index in [9.17, 15) is 13.2 Å². The summed E-state index contributed by atoms with van der Waals surface area (Å²) in [5, 5.41) is 0. The summed E-state index contributed by atoms with van der Waals surface area (Å²) in [6.45, 7) is 0. The molecule has 0 N–H and O–H groups in total. The van der Waals surface area contributed by atoms with Crippen LogP contribution in [0.25, 0.3) is 0 Å². The fourth-order valence-corrected chi connectivity index (χ4v) is 0.459. The smallest absolute Gasteiger partial charge is 0.570 e. The Kier molecular flexibility index (Phi) is 4.88. The zero-order chi connectivity index (χ0) is 7.72. The van der Waals surface area contributed by atoms with Crippen molar-refractivity contribution in [3.05, 3.63) is 23.8 Å². The van der Waals surface area contributed by atoms with Crippen molar-refractivity contribution in [3.8, 4) is 0 Å². The van der Waals surface area contributed by atoms with Crippen molar-refractivity contribution in [2.75, 3.05) is 0 Å². The summed E-state index contributed by atoms with van der Waals surface area (Å²) in [5.41, 5.74) is -0.889. The van der Waals surface area contributed by atoms with Crippen molar-refractivity contribution >= 4 is 13.3 Å². The predicted molar refractivity (Wildman–Crippen MR) is 29.5 cm³/mol. The van der Waals surface area contributed by atoms with Crippen molar-refractivity contribution < 1.29 is 64.6 Å². The molecule has 1 aromatic heterocycles. The van der Waals surface area contributed by atoms with Crippen LogP contribution in [0, 0.1) is 17.6 Å². The Morgan fingerprint density at radius 1 is 1.27 bits per heavy atom. The van der Waals surface area contributed by atoms with Gasteiger partial charge in [0.1, 0.15) is 5.82 Å². The van der Waals surface area contributed by atoms with E-state index in [2.05, 4.69) is 4.98 Å². The molecule has 0 aromatic carbocycles. The molecule has 51 valence electrons. The normalized spacial score (nSPS) is 9.09. The number of aromatic nitrogens is 1. The minimum Gasteiger partial charge on any atom is -0.570 e. The zero-order valence-corrected chi connectivity index (χ0v) is 8.86. The van der Waals surface area contributed by atoms with Gasteiger partial charge in [0.15, 0.2) is 11.8 Å². The molecular formula is C5HBF3KN.